The van der Waals surface area contributed by atoms with E-state index < -0.39 is 5.91 Å². The highest BCUT2D eigenvalue weighted by molar-refractivity contribution is 8.01. The van der Waals surface area contributed by atoms with Gasteiger partial charge in [-0.3, -0.25) is 9.59 Å². The third-order valence-corrected chi connectivity index (χ3v) is 6.53. The van der Waals surface area contributed by atoms with E-state index in [9.17, 15) is 14.0 Å². The van der Waals surface area contributed by atoms with Gasteiger partial charge in [0.2, 0.25) is 10.9 Å². The van der Waals surface area contributed by atoms with Gasteiger partial charge in [0.1, 0.15) is 5.82 Å². The van der Waals surface area contributed by atoms with Gasteiger partial charge < -0.3 is 15.5 Å². The minimum atomic E-state index is -0.414. The molecule has 7 nitrogen and oxygen atoms in total. The zero-order valence-corrected chi connectivity index (χ0v) is 17.7. The first kappa shape index (κ1) is 21.7. The number of nitrogens with zero attached hydrogens (tertiary/aromatic N) is 3. The average Bonchev–Trinajstić information content (AvgIpc) is 3.05. The van der Waals surface area contributed by atoms with Crippen molar-refractivity contribution in [1.29, 1.82) is 0 Å². The van der Waals surface area contributed by atoms with Crippen LogP contribution in [-0.2, 0) is 4.79 Å². The second-order valence-corrected chi connectivity index (χ2v) is 8.93. The molecule has 2 amide bonds. The Hall–Kier alpha value is -2.04. The Kier molecular flexibility index (Phi) is 8.38. The molecular weight excluding hydrogens is 413 g/mol. The summed E-state index contributed by atoms with van der Waals surface area (Å²) in [5, 5.41) is 13.6. The van der Waals surface area contributed by atoms with E-state index in [2.05, 4.69) is 25.7 Å². The average molecular weight is 438 g/mol. The first-order chi connectivity index (χ1) is 14.1. The predicted molar refractivity (Wildman–Crippen MR) is 113 cm³/mol. The third kappa shape index (κ3) is 7.37. The van der Waals surface area contributed by atoms with Crippen molar-refractivity contribution in [1.82, 2.24) is 20.4 Å². The molecule has 1 saturated heterocycles. The van der Waals surface area contributed by atoms with Crippen LogP contribution in [0.1, 0.15) is 35.5 Å². The van der Waals surface area contributed by atoms with Gasteiger partial charge in [-0.1, -0.05) is 35.9 Å². The van der Waals surface area contributed by atoms with E-state index in [-0.39, 0.29) is 22.5 Å². The molecule has 10 heteroatoms. The van der Waals surface area contributed by atoms with E-state index >= 15 is 0 Å². The summed E-state index contributed by atoms with van der Waals surface area (Å²) in [7, 11) is 0. The van der Waals surface area contributed by atoms with Crippen LogP contribution in [0, 0.1) is 5.82 Å². The summed E-state index contributed by atoms with van der Waals surface area (Å²) in [5.74, 6) is -0.615. The summed E-state index contributed by atoms with van der Waals surface area (Å²) in [4.78, 5) is 26.6. The van der Waals surface area contributed by atoms with Crippen molar-refractivity contribution in [2.24, 2.45) is 0 Å². The molecule has 0 aliphatic carbocycles. The number of hydrogen-bond acceptors (Lipinski definition) is 7. The number of likely N-dealkylation sites (tertiary alicyclic amines) is 1. The molecule has 1 aliphatic rings. The molecule has 2 N–H and O–H groups in total. The Morgan fingerprint density at radius 2 is 1.83 bits per heavy atom. The Balaban J connectivity index is 1.37. The van der Waals surface area contributed by atoms with E-state index in [1.54, 1.807) is 0 Å². The molecule has 0 saturated carbocycles. The number of aromatic nitrogens is 2. The van der Waals surface area contributed by atoms with Crippen LogP contribution >= 0.6 is 23.1 Å². The molecular formula is C19H24FN5O2S2. The van der Waals surface area contributed by atoms with E-state index in [0.29, 0.717) is 16.6 Å². The maximum Gasteiger partial charge on any atom is 0.286 e. The Morgan fingerprint density at radius 1 is 1.10 bits per heavy atom. The van der Waals surface area contributed by atoms with Gasteiger partial charge in [-0.05, 0) is 50.2 Å². The first-order valence-electron chi connectivity index (χ1n) is 9.62. The molecule has 1 aliphatic heterocycles. The van der Waals surface area contributed by atoms with E-state index in [1.807, 2.05) is 0 Å². The maximum absolute atomic E-state index is 12.9. The number of nitrogens with one attached hydrogen (secondary N) is 2. The van der Waals surface area contributed by atoms with Crippen molar-refractivity contribution in [3.63, 3.8) is 0 Å². The summed E-state index contributed by atoms with van der Waals surface area (Å²) < 4.78 is 13.5. The van der Waals surface area contributed by atoms with Gasteiger partial charge in [-0.2, -0.15) is 0 Å². The van der Waals surface area contributed by atoms with Gasteiger partial charge in [0.25, 0.3) is 5.91 Å². The highest BCUT2D eigenvalue weighted by atomic mass is 32.2. The summed E-state index contributed by atoms with van der Waals surface area (Å²) in [6, 6.07) is 5.48. The number of carbonyl (C=O) groups is 2. The highest BCUT2D eigenvalue weighted by Gasteiger charge is 2.15. The molecule has 1 aromatic carbocycles. The second kappa shape index (κ2) is 11.2. The molecule has 0 atom stereocenters. The molecule has 0 bridgehead atoms. The zero-order chi connectivity index (χ0) is 20.5. The van der Waals surface area contributed by atoms with Crippen molar-refractivity contribution in [2.75, 3.05) is 37.2 Å². The Morgan fingerprint density at radius 3 is 2.55 bits per heavy atom. The van der Waals surface area contributed by atoms with Crippen LogP contribution in [0.15, 0.2) is 28.6 Å². The van der Waals surface area contributed by atoms with Crippen LogP contribution in [-0.4, -0.2) is 58.8 Å². The Bertz CT molecular complexity index is 807. The summed E-state index contributed by atoms with van der Waals surface area (Å²) in [5.41, 5.74) is 0.476. The van der Waals surface area contributed by atoms with Crippen LogP contribution in [0.5, 0.6) is 0 Å². The number of benzene rings is 1. The highest BCUT2D eigenvalue weighted by Crippen LogP contribution is 2.23. The molecule has 29 heavy (non-hydrogen) atoms. The molecule has 1 aromatic heterocycles. The number of rotatable bonds is 8. The number of hydrogen-bond donors (Lipinski definition) is 2. The molecule has 2 heterocycles. The standard InChI is InChI=1S/C19H24FN5O2S2/c20-14-5-7-15(8-6-14)22-17(27)18-23-24-19(29-18)28-13-16(26)21-9-12-25-10-3-1-2-4-11-25/h5-8H,1-4,9-13H2,(H,21,26)(H,22,27). The quantitative estimate of drug-likeness (QED) is 0.618. The number of amides is 2. The summed E-state index contributed by atoms with van der Waals surface area (Å²) >= 11 is 2.37. The smallest absolute Gasteiger partial charge is 0.286 e. The minimum absolute atomic E-state index is 0.0580. The number of thioether (sulfide) groups is 1. The van der Waals surface area contributed by atoms with Gasteiger partial charge in [0, 0.05) is 18.8 Å². The summed E-state index contributed by atoms with van der Waals surface area (Å²) in [6.07, 6.45) is 5.06. The SMILES string of the molecule is O=C(CSc1nnc(C(=O)Nc2ccc(F)cc2)s1)NCCN1CCCCCC1. The van der Waals surface area contributed by atoms with Crippen LogP contribution in [0.25, 0.3) is 0 Å². The van der Waals surface area contributed by atoms with Gasteiger partial charge in [-0.15, -0.1) is 10.2 Å². The van der Waals surface area contributed by atoms with Crippen molar-refractivity contribution < 1.29 is 14.0 Å². The topological polar surface area (TPSA) is 87.2 Å². The van der Waals surface area contributed by atoms with Crippen LogP contribution in [0.2, 0.25) is 0 Å². The van der Waals surface area contributed by atoms with Crippen molar-refractivity contribution in [3.8, 4) is 0 Å². The van der Waals surface area contributed by atoms with Crippen LogP contribution in [0.4, 0.5) is 10.1 Å². The molecule has 1 fully saturated rings. The van der Waals surface area contributed by atoms with E-state index in [0.717, 1.165) is 31.0 Å². The minimum Gasteiger partial charge on any atom is -0.354 e. The molecule has 2 aromatic rings. The zero-order valence-electron chi connectivity index (χ0n) is 16.0. The lowest BCUT2D eigenvalue weighted by Gasteiger charge is -2.19. The number of carbonyl (C=O) groups excluding carboxylic acids is 2. The molecule has 0 unspecified atom stereocenters. The lowest BCUT2D eigenvalue weighted by Crippen LogP contribution is -2.36. The summed E-state index contributed by atoms with van der Waals surface area (Å²) in [6.45, 7) is 3.74. The molecule has 0 spiro atoms. The lowest BCUT2D eigenvalue weighted by atomic mass is 10.2. The maximum atomic E-state index is 12.9. The monoisotopic (exact) mass is 437 g/mol. The number of halogens is 1. The van der Waals surface area contributed by atoms with E-state index in [1.165, 1.54) is 61.7 Å². The van der Waals surface area contributed by atoms with Crippen molar-refractivity contribution >= 4 is 40.6 Å². The van der Waals surface area contributed by atoms with Crippen LogP contribution in [0.3, 0.4) is 0 Å². The first-order valence-corrected chi connectivity index (χ1v) is 11.4. The molecule has 0 radical (unpaired) electrons. The predicted octanol–water partition coefficient (Wildman–Crippen LogP) is 3.01. The van der Waals surface area contributed by atoms with Gasteiger partial charge >= 0.3 is 0 Å². The van der Waals surface area contributed by atoms with Gasteiger partial charge in [0.15, 0.2) is 4.34 Å². The van der Waals surface area contributed by atoms with E-state index in [4.69, 9.17) is 0 Å². The van der Waals surface area contributed by atoms with Crippen molar-refractivity contribution in [2.45, 2.75) is 30.0 Å². The van der Waals surface area contributed by atoms with Crippen LogP contribution < -0.4 is 10.6 Å². The molecule has 3 rings (SSSR count). The largest absolute Gasteiger partial charge is 0.354 e. The fourth-order valence-corrected chi connectivity index (χ4v) is 4.55. The third-order valence-electron chi connectivity index (χ3n) is 4.48. The van der Waals surface area contributed by atoms with Gasteiger partial charge in [-0.25, -0.2) is 4.39 Å². The lowest BCUT2D eigenvalue weighted by molar-refractivity contribution is -0.118. The fraction of sp³-hybridized carbons (Fsp3) is 0.474. The Labute approximate surface area is 177 Å². The second-order valence-electron chi connectivity index (χ2n) is 6.73. The number of anilines is 1. The van der Waals surface area contributed by atoms with Crippen molar-refractivity contribution in [3.05, 3.63) is 35.1 Å². The normalized spacial score (nSPS) is 14.9. The fourth-order valence-electron chi connectivity index (χ4n) is 2.97. The molecule has 156 valence electrons. The van der Waals surface area contributed by atoms with Gasteiger partial charge in [0.05, 0.1) is 5.75 Å².